The lowest BCUT2D eigenvalue weighted by atomic mass is 10.4. The molecule has 3 heteroatoms. The third-order valence-corrected chi connectivity index (χ3v) is 2.14. The quantitative estimate of drug-likeness (QED) is 0.708. The van der Waals surface area contributed by atoms with Gasteiger partial charge in [0.05, 0.1) is 0 Å². The summed E-state index contributed by atoms with van der Waals surface area (Å²) >= 11 is 2.22. The molecule has 1 aromatic heterocycles. The molecule has 0 saturated heterocycles. The molecule has 0 aromatic carbocycles. The zero-order valence-corrected chi connectivity index (χ0v) is 7.58. The summed E-state index contributed by atoms with van der Waals surface area (Å²) < 4.78 is 1.11. The first-order valence-corrected chi connectivity index (χ1v) is 4.41. The highest BCUT2D eigenvalue weighted by atomic mass is 127. The maximum Gasteiger partial charge on any atom is 0.131 e. The van der Waals surface area contributed by atoms with Gasteiger partial charge < -0.3 is 0 Å². The third kappa shape index (κ3) is 1.28. The van der Waals surface area contributed by atoms with Crippen LogP contribution in [0.5, 0.6) is 0 Å². The van der Waals surface area contributed by atoms with E-state index in [9.17, 15) is 0 Å². The van der Waals surface area contributed by atoms with E-state index in [1.54, 1.807) is 0 Å². The van der Waals surface area contributed by atoms with Gasteiger partial charge in [0.2, 0.25) is 0 Å². The Labute approximate surface area is 73.2 Å². The normalized spacial score (nSPS) is 17.3. The van der Waals surface area contributed by atoms with Crippen molar-refractivity contribution >= 4 is 22.6 Å². The van der Waals surface area contributed by atoms with Gasteiger partial charge in [-0.2, -0.15) is 0 Å². The van der Waals surface area contributed by atoms with Crippen LogP contribution in [0.3, 0.4) is 0 Å². The van der Waals surface area contributed by atoms with Crippen LogP contribution in [0.1, 0.15) is 24.6 Å². The van der Waals surface area contributed by atoms with Crippen molar-refractivity contribution in [3.63, 3.8) is 0 Å². The van der Waals surface area contributed by atoms with Crippen molar-refractivity contribution < 1.29 is 0 Å². The van der Waals surface area contributed by atoms with E-state index in [0.29, 0.717) is 5.92 Å². The molecule has 2 nitrogen and oxygen atoms in total. The molecule has 1 aromatic rings. The van der Waals surface area contributed by atoms with E-state index < -0.39 is 0 Å². The van der Waals surface area contributed by atoms with E-state index in [0.717, 1.165) is 9.39 Å². The van der Waals surface area contributed by atoms with E-state index in [1.165, 1.54) is 12.8 Å². The average molecular weight is 246 g/mol. The first kappa shape index (κ1) is 6.52. The van der Waals surface area contributed by atoms with Gasteiger partial charge in [0.25, 0.3) is 0 Å². The first-order chi connectivity index (χ1) is 4.86. The highest BCUT2D eigenvalue weighted by Gasteiger charge is 2.25. The molecule has 0 bridgehead atoms. The van der Waals surface area contributed by atoms with Crippen LogP contribution in [-0.4, -0.2) is 9.97 Å². The van der Waals surface area contributed by atoms with Gasteiger partial charge in [-0.3, -0.25) is 0 Å². The number of hydrogen-bond donors (Lipinski definition) is 0. The summed E-state index contributed by atoms with van der Waals surface area (Å²) in [6.45, 7) is 0. The second kappa shape index (κ2) is 2.45. The Morgan fingerprint density at radius 2 is 1.90 bits per heavy atom. The summed E-state index contributed by atoms with van der Waals surface area (Å²) in [4.78, 5) is 8.44. The van der Waals surface area contributed by atoms with Crippen molar-refractivity contribution in [2.24, 2.45) is 0 Å². The number of aromatic nitrogens is 2. The maximum absolute atomic E-state index is 4.22. The van der Waals surface area contributed by atoms with Crippen LogP contribution < -0.4 is 0 Å². The van der Waals surface area contributed by atoms with Gasteiger partial charge in [0.15, 0.2) is 0 Å². The molecule has 1 aliphatic rings. The molecule has 0 atom stereocenters. The SMILES string of the molecule is Ic1cnc(C2CC2)nc1. The topological polar surface area (TPSA) is 25.8 Å². The Balaban J connectivity index is 2.28. The van der Waals surface area contributed by atoms with Crippen molar-refractivity contribution in [2.45, 2.75) is 18.8 Å². The zero-order chi connectivity index (χ0) is 6.97. The Morgan fingerprint density at radius 1 is 1.30 bits per heavy atom. The fourth-order valence-electron chi connectivity index (χ4n) is 0.875. The minimum Gasteiger partial charge on any atom is -0.240 e. The third-order valence-electron chi connectivity index (χ3n) is 1.58. The molecule has 0 amide bonds. The Bertz CT molecular complexity index is 228. The van der Waals surface area contributed by atoms with E-state index in [4.69, 9.17) is 0 Å². The fourth-order valence-corrected chi connectivity index (χ4v) is 1.15. The summed E-state index contributed by atoms with van der Waals surface area (Å²) in [5.41, 5.74) is 0. The standard InChI is InChI=1S/C7H7IN2/c8-6-3-9-7(10-4-6)5-1-2-5/h3-5H,1-2H2. The van der Waals surface area contributed by atoms with Crippen molar-refractivity contribution in [3.05, 3.63) is 21.8 Å². The van der Waals surface area contributed by atoms with Gasteiger partial charge in [-0.15, -0.1) is 0 Å². The maximum atomic E-state index is 4.22. The van der Waals surface area contributed by atoms with E-state index >= 15 is 0 Å². The van der Waals surface area contributed by atoms with Crippen molar-refractivity contribution in [1.82, 2.24) is 9.97 Å². The van der Waals surface area contributed by atoms with Crippen LogP contribution in [0.2, 0.25) is 0 Å². The molecule has 0 radical (unpaired) electrons. The van der Waals surface area contributed by atoms with Crippen molar-refractivity contribution in [3.8, 4) is 0 Å². The average Bonchev–Trinajstić information content (AvgIpc) is 2.71. The molecule has 52 valence electrons. The molecular weight excluding hydrogens is 239 g/mol. The van der Waals surface area contributed by atoms with Gasteiger partial charge in [0, 0.05) is 21.9 Å². The second-order valence-electron chi connectivity index (χ2n) is 2.53. The molecular formula is C7H7IN2. The smallest absolute Gasteiger partial charge is 0.131 e. The largest absolute Gasteiger partial charge is 0.240 e. The van der Waals surface area contributed by atoms with Crippen LogP contribution in [0.4, 0.5) is 0 Å². The zero-order valence-electron chi connectivity index (χ0n) is 5.42. The molecule has 2 rings (SSSR count). The Kier molecular flexibility index (Phi) is 1.60. The molecule has 0 unspecified atom stereocenters. The molecule has 10 heavy (non-hydrogen) atoms. The number of halogens is 1. The monoisotopic (exact) mass is 246 g/mol. The summed E-state index contributed by atoms with van der Waals surface area (Å²) in [7, 11) is 0. The number of hydrogen-bond acceptors (Lipinski definition) is 2. The minimum atomic E-state index is 0.678. The number of nitrogens with zero attached hydrogens (tertiary/aromatic N) is 2. The summed E-state index contributed by atoms with van der Waals surface area (Å²) in [5, 5.41) is 0. The van der Waals surface area contributed by atoms with Gasteiger partial charge in [0.1, 0.15) is 5.82 Å². The first-order valence-electron chi connectivity index (χ1n) is 3.34. The summed E-state index contributed by atoms with van der Waals surface area (Å²) in [6, 6.07) is 0. The van der Waals surface area contributed by atoms with E-state index in [1.807, 2.05) is 12.4 Å². The summed E-state index contributed by atoms with van der Waals surface area (Å²) in [6.07, 6.45) is 6.31. The highest BCUT2D eigenvalue weighted by molar-refractivity contribution is 14.1. The summed E-state index contributed by atoms with van der Waals surface area (Å²) in [5.74, 6) is 1.71. The van der Waals surface area contributed by atoms with Crippen LogP contribution >= 0.6 is 22.6 Å². The van der Waals surface area contributed by atoms with E-state index in [2.05, 4.69) is 32.6 Å². The van der Waals surface area contributed by atoms with Gasteiger partial charge in [-0.25, -0.2) is 9.97 Å². The number of rotatable bonds is 1. The van der Waals surface area contributed by atoms with Gasteiger partial charge in [-0.1, -0.05) is 0 Å². The molecule has 1 heterocycles. The predicted molar refractivity (Wildman–Crippen MR) is 46.7 cm³/mol. The lowest BCUT2D eigenvalue weighted by Crippen LogP contribution is -1.90. The van der Waals surface area contributed by atoms with Crippen LogP contribution in [0.25, 0.3) is 0 Å². The molecule has 1 saturated carbocycles. The van der Waals surface area contributed by atoms with E-state index in [-0.39, 0.29) is 0 Å². The fraction of sp³-hybridized carbons (Fsp3) is 0.429. The van der Waals surface area contributed by atoms with Crippen LogP contribution in [-0.2, 0) is 0 Å². The molecule has 0 N–H and O–H groups in total. The second-order valence-corrected chi connectivity index (χ2v) is 3.78. The Hall–Kier alpha value is -0.190. The predicted octanol–water partition coefficient (Wildman–Crippen LogP) is 1.96. The Morgan fingerprint density at radius 3 is 2.40 bits per heavy atom. The molecule has 0 aliphatic heterocycles. The van der Waals surface area contributed by atoms with Crippen molar-refractivity contribution in [2.75, 3.05) is 0 Å². The van der Waals surface area contributed by atoms with Crippen molar-refractivity contribution in [1.29, 1.82) is 0 Å². The molecule has 0 spiro atoms. The van der Waals surface area contributed by atoms with Gasteiger partial charge >= 0.3 is 0 Å². The molecule has 1 fully saturated rings. The lowest BCUT2D eigenvalue weighted by molar-refractivity contribution is 0.921. The van der Waals surface area contributed by atoms with Crippen LogP contribution in [0, 0.1) is 3.57 Å². The van der Waals surface area contributed by atoms with Crippen LogP contribution in [0.15, 0.2) is 12.4 Å². The molecule has 1 aliphatic carbocycles. The minimum absolute atomic E-state index is 0.678. The lowest BCUT2D eigenvalue weighted by Gasteiger charge is -1.93. The highest BCUT2D eigenvalue weighted by Crippen LogP contribution is 2.37. The van der Waals surface area contributed by atoms with Gasteiger partial charge in [-0.05, 0) is 35.4 Å².